The fourth-order valence-corrected chi connectivity index (χ4v) is 6.82. The van der Waals surface area contributed by atoms with Crippen molar-refractivity contribution in [1.29, 1.82) is 0 Å². The molecule has 0 saturated heterocycles. The molecule has 69 heavy (non-hydrogen) atoms. The lowest BCUT2D eigenvalue weighted by atomic mass is 10.1. The zero-order valence-corrected chi connectivity index (χ0v) is 44.0. The molecule has 0 saturated carbocycles. The summed E-state index contributed by atoms with van der Waals surface area (Å²) >= 11 is 0. The number of hydrogen-bond acceptors (Lipinski definition) is 6. The van der Waals surface area contributed by atoms with Gasteiger partial charge in [-0.05, 0) is 109 Å². The van der Waals surface area contributed by atoms with Crippen LogP contribution in [0.25, 0.3) is 0 Å². The Bertz CT molecular complexity index is 1560. The molecule has 386 valence electrons. The molecule has 0 aromatic rings. The topological polar surface area (TPSA) is 78.9 Å². The van der Waals surface area contributed by atoms with E-state index in [4.69, 9.17) is 14.2 Å². The van der Waals surface area contributed by atoms with E-state index in [1.807, 2.05) is 12.2 Å². The Kier molecular flexibility index (Phi) is 52.1. The Morgan fingerprint density at radius 3 is 0.942 bits per heavy atom. The third-order valence-corrected chi connectivity index (χ3v) is 10.9. The maximum absolute atomic E-state index is 12.8. The maximum Gasteiger partial charge on any atom is 0.306 e. The van der Waals surface area contributed by atoms with Gasteiger partial charge in [-0.2, -0.15) is 0 Å². The van der Waals surface area contributed by atoms with Crippen LogP contribution in [-0.4, -0.2) is 37.2 Å². The van der Waals surface area contributed by atoms with Crippen molar-refractivity contribution < 1.29 is 28.6 Å². The summed E-state index contributed by atoms with van der Waals surface area (Å²) in [6.45, 7) is 6.28. The molecule has 6 nitrogen and oxygen atoms in total. The number of allylic oxidation sites excluding steroid dienone is 24. The number of carbonyl (C=O) groups is 3. The summed E-state index contributed by atoms with van der Waals surface area (Å²) in [5.74, 6) is -1.04. The quantitative estimate of drug-likeness (QED) is 0.0262. The first-order valence-electron chi connectivity index (χ1n) is 27.3. The van der Waals surface area contributed by atoms with E-state index in [1.54, 1.807) is 0 Å². The molecule has 0 aliphatic carbocycles. The first kappa shape index (κ1) is 64.3. The molecule has 0 fully saturated rings. The third kappa shape index (κ3) is 54.1. The van der Waals surface area contributed by atoms with Crippen molar-refractivity contribution in [3.8, 4) is 0 Å². The minimum Gasteiger partial charge on any atom is -0.462 e. The number of unbranched alkanes of at least 4 members (excludes halogenated alkanes) is 12. The molecular weight excluding hydrogens is 853 g/mol. The molecule has 1 unspecified atom stereocenters. The van der Waals surface area contributed by atoms with Gasteiger partial charge in [0.15, 0.2) is 6.10 Å². The van der Waals surface area contributed by atoms with E-state index in [0.717, 1.165) is 128 Å². The summed E-state index contributed by atoms with van der Waals surface area (Å²) < 4.78 is 16.7. The summed E-state index contributed by atoms with van der Waals surface area (Å²) in [4.78, 5) is 38.0. The Labute approximate surface area is 423 Å². The van der Waals surface area contributed by atoms with Crippen LogP contribution in [0, 0.1) is 0 Å². The van der Waals surface area contributed by atoms with Crippen molar-refractivity contribution in [3.63, 3.8) is 0 Å². The zero-order chi connectivity index (χ0) is 50.0. The number of hydrogen-bond donors (Lipinski definition) is 0. The van der Waals surface area contributed by atoms with Crippen molar-refractivity contribution in [1.82, 2.24) is 0 Å². The standard InChI is InChI=1S/C63H98O6/c1-4-7-10-13-16-19-21-23-25-27-29-30-31-32-34-35-37-39-41-44-47-50-53-56-62(65)68-59-60(58-67-61(64)55-52-49-46-43-18-15-12-9-6-3)69-63(66)57-54-51-48-45-42-40-38-36-33-28-26-24-22-20-17-14-11-8-5-2/h7-8,10-11,16-17,19-20,23-26,29-30,32-34,36-37,39-40,42,48,51,60H,4-6,9,12-15,18,21-22,27-28,31,35,38,41,43-47,49-50,52-59H2,1-3H3/b10-7-,11-8-,19-16-,20-17-,25-23-,26-24-,30-29-,34-32-,36-33-,39-37-,42-40-,51-48-. The smallest absolute Gasteiger partial charge is 0.306 e. The summed E-state index contributed by atoms with van der Waals surface area (Å²) in [6, 6.07) is 0. The van der Waals surface area contributed by atoms with Gasteiger partial charge in [-0.25, -0.2) is 0 Å². The van der Waals surface area contributed by atoms with Crippen LogP contribution in [0.3, 0.4) is 0 Å². The van der Waals surface area contributed by atoms with Crippen molar-refractivity contribution in [2.45, 2.75) is 219 Å². The van der Waals surface area contributed by atoms with Gasteiger partial charge in [-0.15, -0.1) is 0 Å². The number of ether oxygens (including phenoxy) is 3. The van der Waals surface area contributed by atoms with Crippen LogP contribution in [0.15, 0.2) is 146 Å². The summed E-state index contributed by atoms with van der Waals surface area (Å²) in [7, 11) is 0. The molecule has 0 N–H and O–H groups in total. The summed E-state index contributed by atoms with van der Waals surface area (Å²) in [5.41, 5.74) is 0. The van der Waals surface area contributed by atoms with Gasteiger partial charge in [-0.1, -0.05) is 231 Å². The van der Waals surface area contributed by atoms with Crippen LogP contribution in [0.2, 0.25) is 0 Å². The SMILES string of the molecule is CC/C=C\C/C=C\C/C=C\C/C=C\C/C=C\C/C=C\CCCCCCC(=O)OCC(COC(=O)CCCCCCCCCCC)OC(=O)CC/C=C\C/C=C\C/C=C\C/C=C\C/C=C\C/C=C\CC. The van der Waals surface area contributed by atoms with Gasteiger partial charge in [0.1, 0.15) is 13.2 Å². The molecule has 0 heterocycles. The van der Waals surface area contributed by atoms with E-state index >= 15 is 0 Å². The molecule has 0 spiro atoms. The third-order valence-electron chi connectivity index (χ3n) is 10.9. The monoisotopic (exact) mass is 951 g/mol. The van der Waals surface area contributed by atoms with Gasteiger partial charge in [0.25, 0.3) is 0 Å². The second kappa shape index (κ2) is 55.9. The highest BCUT2D eigenvalue weighted by atomic mass is 16.6. The molecule has 0 amide bonds. The number of carbonyl (C=O) groups excluding carboxylic acids is 3. The molecule has 6 heteroatoms. The van der Waals surface area contributed by atoms with Crippen LogP contribution in [-0.2, 0) is 28.6 Å². The minimum absolute atomic E-state index is 0.121. The number of rotatable bonds is 47. The highest BCUT2D eigenvalue weighted by Gasteiger charge is 2.19. The molecular formula is C63H98O6. The molecule has 0 rings (SSSR count). The molecule has 0 aromatic heterocycles. The number of esters is 3. The van der Waals surface area contributed by atoms with Crippen LogP contribution in [0.4, 0.5) is 0 Å². The van der Waals surface area contributed by atoms with Crippen LogP contribution in [0.5, 0.6) is 0 Å². The van der Waals surface area contributed by atoms with Crippen molar-refractivity contribution in [2.24, 2.45) is 0 Å². The highest BCUT2D eigenvalue weighted by Crippen LogP contribution is 2.12. The molecule has 0 radical (unpaired) electrons. The highest BCUT2D eigenvalue weighted by molar-refractivity contribution is 5.71. The van der Waals surface area contributed by atoms with E-state index in [0.29, 0.717) is 19.3 Å². The minimum atomic E-state index is -0.833. The van der Waals surface area contributed by atoms with Crippen molar-refractivity contribution in [2.75, 3.05) is 13.2 Å². The van der Waals surface area contributed by atoms with Gasteiger partial charge in [0.05, 0.1) is 0 Å². The van der Waals surface area contributed by atoms with Gasteiger partial charge in [0, 0.05) is 19.3 Å². The van der Waals surface area contributed by atoms with E-state index in [-0.39, 0.29) is 31.6 Å². The molecule has 0 bridgehead atoms. The van der Waals surface area contributed by atoms with Gasteiger partial charge < -0.3 is 14.2 Å². The second-order valence-corrected chi connectivity index (χ2v) is 17.4. The van der Waals surface area contributed by atoms with Crippen molar-refractivity contribution >= 4 is 17.9 Å². The van der Waals surface area contributed by atoms with E-state index in [9.17, 15) is 14.4 Å². The van der Waals surface area contributed by atoms with Gasteiger partial charge >= 0.3 is 17.9 Å². The average Bonchev–Trinajstić information content (AvgIpc) is 3.35. The Hall–Kier alpha value is -4.71. The van der Waals surface area contributed by atoms with E-state index in [2.05, 4.69) is 154 Å². The Balaban J connectivity index is 4.49. The molecule has 0 aromatic carbocycles. The Morgan fingerprint density at radius 2 is 0.594 bits per heavy atom. The predicted molar refractivity (Wildman–Crippen MR) is 297 cm³/mol. The zero-order valence-electron chi connectivity index (χ0n) is 44.0. The molecule has 0 aliphatic heterocycles. The fraction of sp³-hybridized carbons (Fsp3) is 0.571. The fourth-order valence-electron chi connectivity index (χ4n) is 6.82. The van der Waals surface area contributed by atoms with Crippen LogP contribution < -0.4 is 0 Å². The maximum atomic E-state index is 12.8. The molecule has 1 atom stereocenters. The van der Waals surface area contributed by atoms with E-state index in [1.165, 1.54) is 38.5 Å². The lowest BCUT2D eigenvalue weighted by Gasteiger charge is -2.18. The van der Waals surface area contributed by atoms with Gasteiger partial charge in [0.2, 0.25) is 0 Å². The Morgan fingerprint density at radius 1 is 0.304 bits per heavy atom. The molecule has 0 aliphatic rings. The van der Waals surface area contributed by atoms with Crippen LogP contribution >= 0.6 is 0 Å². The second-order valence-electron chi connectivity index (χ2n) is 17.4. The normalized spacial score (nSPS) is 13.3. The summed E-state index contributed by atoms with van der Waals surface area (Å²) in [5, 5.41) is 0. The predicted octanol–water partition coefficient (Wildman–Crippen LogP) is 18.4. The lowest BCUT2D eigenvalue weighted by Crippen LogP contribution is -2.30. The first-order valence-corrected chi connectivity index (χ1v) is 27.3. The van der Waals surface area contributed by atoms with Crippen LogP contribution in [0.1, 0.15) is 213 Å². The first-order chi connectivity index (χ1) is 34.0. The summed E-state index contributed by atoms with van der Waals surface area (Å²) in [6.07, 6.45) is 79.9. The van der Waals surface area contributed by atoms with Gasteiger partial charge in [-0.3, -0.25) is 14.4 Å². The largest absolute Gasteiger partial charge is 0.462 e. The lowest BCUT2D eigenvalue weighted by molar-refractivity contribution is -0.166. The van der Waals surface area contributed by atoms with E-state index < -0.39 is 12.1 Å². The van der Waals surface area contributed by atoms with Crippen molar-refractivity contribution in [3.05, 3.63) is 146 Å². The average molecular weight is 951 g/mol.